The molecule has 0 amide bonds. The second kappa shape index (κ2) is 10.5. The second-order valence-corrected chi connectivity index (χ2v) is 12.5. The maximum absolute atomic E-state index is 12.3. The standard InChI is InChI=1S/C8H19O6P3/c1-8(7-9)5-4-6-17(10,15-13-11-2)16-14-12-3/h5,9,15-16H,4,6-7H2,1-3H3/b8-5+. The third kappa shape index (κ3) is 9.24. The molecule has 9 heteroatoms. The van der Waals surface area contributed by atoms with Gasteiger partial charge in [-0.1, -0.05) is 11.6 Å². The number of hydrogen-bond donors (Lipinski definition) is 1. The van der Waals surface area contributed by atoms with E-state index < -0.39 is 6.52 Å². The van der Waals surface area contributed by atoms with Gasteiger partial charge in [-0.2, -0.15) is 0 Å². The molecule has 0 saturated carbocycles. The van der Waals surface area contributed by atoms with Crippen molar-refractivity contribution in [2.24, 2.45) is 0 Å². The third-order valence-electron chi connectivity index (χ3n) is 1.72. The van der Waals surface area contributed by atoms with Gasteiger partial charge in [0.1, 0.15) is 17.0 Å². The lowest BCUT2D eigenvalue weighted by molar-refractivity contribution is -0.165. The minimum atomic E-state index is -2.58. The molecule has 0 rings (SSSR count). The highest BCUT2D eigenvalue weighted by molar-refractivity contribution is 8.53. The maximum Gasteiger partial charge on any atom is 0.180 e. The molecule has 1 N–H and O–H groups in total. The van der Waals surface area contributed by atoms with E-state index in [-0.39, 0.29) is 23.6 Å². The Morgan fingerprint density at radius 1 is 1.29 bits per heavy atom. The molecule has 0 radical (unpaired) electrons. The summed E-state index contributed by atoms with van der Waals surface area (Å²) in [7, 11) is 2.22. The highest BCUT2D eigenvalue weighted by Gasteiger charge is 2.24. The summed E-state index contributed by atoms with van der Waals surface area (Å²) >= 11 is 0. The summed E-state index contributed by atoms with van der Waals surface area (Å²) in [6, 6.07) is 0. The minimum absolute atomic E-state index is 0.0119. The predicted octanol–water partition coefficient (Wildman–Crippen LogP) is 2.85. The van der Waals surface area contributed by atoms with E-state index in [9.17, 15) is 4.57 Å². The smallest absolute Gasteiger partial charge is 0.180 e. The van der Waals surface area contributed by atoms with Crippen molar-refractivity contribution in [2.75, 3.05) is 27.0 Å². The van der Waals surface area contributed by atoms with Gasteiger partial charge in [-0.05, 0) is 13.3 Å². The van der Waals surface area contributed by atoms with Crippen molar-refractivity contribution in [3.05, 3.63) is 11.6 Å². The third-order valence-corrected chi connectivity index (χ3v) is 8.88. The molecule has 0 fully saturated rings. The zero-order chi connectivity index (χ0) is 13.1. The van der Waals surface area contributed by atoms with Gasteiger partial charge in [-0.3, -0.25) is 0 Å². The van der Waals surface area contributed by atoms with Crippen LogP contribution in [-0.2, 0) is 23.7 Å². The number of rotatable bonds is 10. The molecular formula is C8H19O6P3. The zero-order valence-corrected chi connectivity index (χ0v) is 13.0. The average molecular weight is 304 g/mol. The summed E-state index contributed by atoms with van der Waals surface area (Å²) in [6.45, 7) is -0.760. The van der Waals surface area contributed by atoms with E-state index in [0.29, 0.717) is 12.6 Å². The Bertz CT molecular complexity index is 258. The van der Waals surface area contributed by atoms with Gasteiger partial charge in [0.2, 0.25) is 0 Å². The van der Waals surface area contributed by atoms with E-state index >= 15 is 0 Å². The molecule has 0 aromatic carbocycles. The van der Waals surface area contributed by atoms with Gasteiger partial charge in [0.25, 0.3) is 0 Å². The Morgan fingerprint density at radius 2 is 1.82 bits per heavy atom. The highest BCUT2D eigenvalue weighted by atomic mass is 32.5. The highest BCUT2D eigenvalue weighted by Crippen LogP contribution is 2.77. The van der Waals surface area contributed by atoms with Crippen molar-refractivity contribution in [3.8, 4) is 0 Å². The first-order valence-electron chi connectivity index (χ1n) is 4.87. The zero-order valence-electron chi connectivity index (χ0n) is 10.1. The van der Waals surface area contributed by atoms with Crippen molar-refractivity contribution in [1.29, 1.82) is 0 Å². The molecule has 0 aliphatic heterocycles. The van der Waals surface area contributed by atoms with Gasteiger partial charge in [0.15, 0.2) is 6.52 Å². The van der Waals surface area contributed by atoms with Crippen molar-refractivity contribution >= 4 is 23.5 Å². The number of hydrogen-bond acceptors (Lipinski definition) is 6. The van der Waals surface area contributed by atoms with Crippen LogP contribution in [0.1, 0.15) is 13.3 Å². The molecule has 0 saturated heterocycles. The molecule has 17 heavy (non-hydrogen) atoms. The molecule has 0 spiro atoms. The van der Waals surface area contributed by atoms with Gasteiger partial charge in [0, 0.05) is 6.16 Å². The lowest BCUT2D eigenvalue weighted by Crippen LogP contribution is -1.87. The van der Waals surface area contributed by atoms with Crippen molar-refractivity contribution in [3.63, 3.8) is 0 Å². The van der Waals surface area contributed by atoms with Gasteiger partial charge in [-0.25, -0.2) is 19.1 Å². The fraction of sp³-hybridized carbons (Fsp3) is 0.750. The van der Waals surface area contributed by atoms with Crippen LogP contribution in [0.15, 0.2) is 11.6 Å². The summed E-state index contributed by atoms with van der Waals surface area (Å²) in [4.78, 5) is 8.92. The quantitative estimate of drug-likeness (QED) is 0.289. The summed E-state index contributed by atoms with van der Waals surface area (Å²) in [5.74, 6) is 0. The van der Waals surface area contributed by atoms with Crippen LogP contribution in [0, 0.1) is 0 Å². The SMILES string of the molecule is COOPP(=O)(CC/C=C(\C)CO)POOC. The van der Waals surface area contributed by atoms with Crippen molar-refractivity contribution in [1.82, 2.24) is 0 Å². The minimum Gasteiger partial charge on any atom is -0.392 e. The fourth-order valence-corrected chi connectivity index (χ4v) is 5.57. The van der Waals surface area contributed by atoms with E-state index in [0.717, 1.165) is 5.57 Å². The van der Waals surface area contributed by atoms with E-state index in [2.05, 4.69) is 9.78 Å². The molecule has 0 aromatic heterocycles. The monoisotopic (exact) mass is 304 g/mol. The number of aliphatic hydroxyl groups is 1. The lowest BCUT2D eigenvalue weighted by atomic mass is 10.3. The molecule has 0 aliphatic rings. The normalized spacial score (nSPS) is 17.3. The maximum atomic E-state index is 12.3. The molecular weight excluding hydrogens is 285 g/mol. The Labute approximate surface area is 105 Å². The first-order valence-corrected chi connectivity index (χ1v) is 10.3. The van der Waals surface area contributed by atoms with Crippen molar-refractivity contribution in [2.45, 2.75) is 13.3 Å². The van der Waals surface area contributed by atoms with E-state index in [1.165, 1.54) is 14.2 Å². The van der Waals surface area contributed by atoms with Crippen LogP contribution in [0.3, 0.4) is 0 Å². The van der Waals surface area contributed by atoms with E-state index in [4.69, 9.17) is 14.5 Å². The van der Waals surface area contributed by atoms with Crippen LogP contribution in [0.25, 0.3) is 0 Å². The summed E-state index contributed by atoms with van der Waals surface area (Å²) in [5.41, 5.74) is 0.850. The Balaban J connectivity index is 4.22. The largest absolute Gasteiger partial charge is 0.392 e. The van der Waals surface area contributed by atoms with Crippen LogP contribution in [0.2, 0.25) is 0 Å². The van der Waals surface area contributed by atoms with Gasteiger partial charge in [-0.15, -0.1) is 0 Å². The average Bonchev–Trinajstić information content (AvgIpc) is 2.34. The second-order valence-electron chi connectivity index (χ2n) is 3.14. The van der Waals surface area contributed by atoms with Crippen LogP contribution >= 0.6 is 23.5 Å². The summed E-state index contributed by atoms with van der Waals surface area (Å²) in [5, 5.41) is 8.82. The lowest BCUT2D eigenvalue weighted by Gasteiger charge is -2.14. The van der Waals surface area contributed by atoms with Crippen LogP contribution < -0.4 is 0 Å². The van der Waals surface area contributed by atoms with Crippen LogP contribution in [-0.4, -0.2) is 32.1 Å². The molecule has 0 aromatic rings. The molecule has 0 aliphatic carbocycles. The first kappa shape index (κ1) is 17.6. The summed E-state index contributed by atoms with van der Waals surface area (Å²) in [6.07, 6.45) is 2.89. The van der Waals surface area contributed by atoms with Gasteiger partial charge < -0.3 is 9.67 Å². The molecule has 2 unspecified atom stereocenters. The van der Waals surface area contributed by atoms with Crippen LogP contribution in [0.4, 0.5) is 0 Å². The Morgan fingerprint density at radius 3 is 2.24 bits per heavy atom. The molecule has 0 heterocycles. The summed E-state index contributed by atoms with van der Waals surface area (Å²) < 4.78 is 21.8. The molecule has 0 bridgehead atoms. The Hall–Kier alpha value is 0.630. The van der Waals surface area contributed by atoms with E-state index in [1.807, 2.05) is 13.0 Å². The van der Waals surface area contributed by atoms with Gasteiger partial charge in [0.05, 0.1) is 20.8 Å². The number of allylic oxidation sites excluding steroid dienone is 1. The topological polar surface area (TPSA) is 74.2 Å². The first-order chi connectivity index (χ1) is 8.08. The predicted molar refractivity (Wildman–Crippen MR) is 70.8 cm³/mol. The Kier molecular flexibility index (Phi) is 10.9. The molecule has 2 atom stereocenters. The van der Waals surface area contributed by atoms with Crippen molar-refractivity contribution < 1.29 is 28.8 Å². The van der Waals surface area contributed by atoms with Crippen LogP contribution in [0.5, 0.6) is 0 Å². The fourth-order valence-electron chi connectivity index (χ4n) is 0.862. The van der Waals surface area contributed by atoms with E-state index in [1.54, 1.807) is 0 Å². The van der Waals surface area contributed by atoms with Gasteiger partial charge >= 0.3 is 0 Å². The molecule has 102 valence electrons. The number of aliphatic hydroxyl groups excluding tert-OH is 1. The molecule has 6 nitrogen and oxygen atoms in total.